The van der Waals surface area contributed by atoms with Gasteiger partial charge in [0.25, 0.3) is 0 Å². The van der Waals surface area contributed by atoms with Crippen LogP contribution < -0.4 is 5.32 Å². The average Bonchev–Trinajstić information content (AvgIpc) is 2.37. The summed E-state index contributed by atoms with van der Waals surface area (Å²) in [5.41, 5.74) is -1.09. The smallest absolute Gasteiger partial charge is 0.329 e. The lowest BCUT2D eigenvalue weighted by atomic mass is 9.76. The van der Waals surface area contributed by atoms with Crippen LogP contribution in [0, 0.1) is 5.92 Å². The van der Waals surface area contributed by atoms with Crippen LogP contribution in [0.5, 0.6) is 0 Å². The van der Waals surface area contributed by atoms with Crippen LogP contribution in [-0.2, 0) is 4.79 Å². The van der Waals surface area contributed by atoms with Gasteiger partial charge < -0.3 is 15.3 Å². The Balaban J connectivity index is 2.75. The molecule has 0 aliphatic heterocycles. The van der Waals surface area contributed by atoms with Gasteiger partial charge in [-0.05, 0) is 32.1 Å². The normalized spacial score (nSPS) is 27.7. The SMILES string of the molecule is CCCC(C)N(C)C(=O)NC1(C(=O)O)CCCC(C)C1. The highest BCUT2D eigenvalue weighted by atomic mass is 16.4. The molecule has 1 aliphatic rings. The van der Waals surface area contributed by atoms with E-state index in [0.717, 1.165) is 25.7 Å². The number of carbonyl (C=O) groups is 2. The van der Waals surface area contributed by atoms with Crippen molar-refractivity contribution in [1.29, 1.82) is 0 Å². The maximum atomic E-state index is 12.3. The quantitative estimate of drug-likeness (QED) is 0.815. The van der Waals surface area contributed by atoms with Gasteiger partial charge in [0, 0.05) is 13.1 Å². The van der Waals surface area contributed by atoms with E-state index < -0.39 is 11.5 Å². The number of carbonyl (C=O) groups excluding carboxylic acids is 1. The molecule has 3 unspecified atom stereocenters. The van der Waals surface area contributed by atoms with Crippen LogP contribution in [0.25, 0.3) is 0 Å². The lowest BCUT2D eigenvalue weighted by Gasteiger charge is -2.38. The Morgan fingerprint density at radius 1 is 1.50 bits per heavy atom. The van der Waals surface area contributed by atoms with Crippen LogP contribution in [0.3, 0.4) is 0 Å². The van der Waals surface area contributed by atoms with E-state index in [1.54, 1.807) is 11.9 Å². The summed E-state index contributed by atoms with van der Waals surface area (Å²) in [5, 5.41) is 12.3. The first-order valence-electron chi connectivity index (χ1n) is 7.60. The van der Waals surface area contributed by atoms with E-state index in [1.807, 2.05) is 13.8 Å². The predicted octanol–water partition coefficient (Wildman–Crippen LogP) is 2.85. The van der Waals surface area contributed by atoms with Crippen LogP contribution in [0.1, 0.15) is 59.3 Å². The second-order valence-corrected chi connectivity index (χ2v) is 6.27. The predicted molar refractivity (Wildman–Crippen MR) is 78.7 cm³/mol. The van der Waals surface area contributed by atoms with Crippen LogP contribution in [0.4, 0.5) is 4.79 Å². The van der Waals surface area contributed by atoms with Crippen molar-refractivity contribution in [3.05, 3.63) is 0 Å². The van der Waals surface area contributed by atoms with E-state index >= 15 is 0 Å². The molecular formula is C15H28N2O3. The highest BCUT2D eigenvalue weighted by molar-refractivity contribution is 5.86. The highest BCUT2D eigenvalue weighted by Gasteiger charge is 2.43. The molecule has 0 aromatic heterocycles. The number of nitrogens with one attached hydrogen (secondary N) is 1. The van der Waals surface area contributed by atoms with Crippen LogP contribution >= 0.6 is 0 Å². The minimum Gasteiger partial charge on any atom is -0.480 e. The molecule has 0 heterocycles. The number of carboxylic acids is 1. The molecule has 20 heavy (non-hydrogen) atoms. The Labute approximate surface area is 121 Å². The van der Waals surface area contributed by atoms with E-state index in [2.05, 4.69) is 12.2 Å². The molecule has 0 saturated heterocycles. The highest BCUT2D eigenvalue weighted by Crippen LogP contribution is 2.32. The Hall–Kier alpha value is -1.26. The summed E-state index contributed by atoms with van der Waals surface area (Å²) in [4.78, 5) is 25.6. The molecule has 0 spiro atoms. The van der Waals surface area contributed by atoms with Crippen molar-refractivity contribution in [1.82, 2.24) is 10.2 Å². The van der Waals surface area contributed by atoms with Crippen LogP contribution in [0.2, 0.25) is 0 Å². The molecule has 0 aromatic carbocycles. The van der Waals surface area contributed by atoms with E-state index in [4.69, 9.17) is 0 Å². The molecule has 116 valence electrons. The molecule has 1 saturated carbocycles. The van der Waals surface area contributed by atoms with Crippen LogP contribution in [-0.4, -0.2) is 40.6 Å². The van der Waals surface area contributed by atoms with Crippen molar-refractivity contribution in [3.8, 4) is 0 Å². The number of urea groups is 1. The fraction of sp³-hybridized carbons (Fsp3) is 0.867. The van der Waals surface area contributed by atoms with Gasteiger partial charge in [-0.15, -0.1) is 0 Å². The molecule has 2 amide bonds. The van der Waals surface area contributed by atoms with Gasteiger partial charge in [-0.25, -0.2) is 9.59 Å². The monoisotopic (exact) mass is 284 g/mol. The molecule has 1 rings (SSSR count). The first kappa shape index (κ1) is 16.8. The Morgan fingerprint density at radius 3 is 2.65 bits per heavy atom. The van der Waals surface area contributed by atoms with E-state index in [9.17, 15) is 14.7 Å². The number of rotatable bonds is 5. The largest absolute Gasteiger partial charge is 0.480 e. The number of carboxylic acid groups (broad SMARTS) is 1. The van der Waals surface area contributed by atoms with E-state index in [-0.39, 0.29) is 12.1 Å². The fourth-order valence-electron chi connectivity index (χ4n) is 3.02. The van der Waals surface area contributed by atoms with Crippen LogP contribution in [0.15, 0.2) is 0 Å². The molecule has 0 radical (unpaired) electrons. The standard InChI is InChI=1S/C15H28N2O3/c1-5-7-12(3)17(4)14(20)16-15(13(18)19)9-6-8-11(2)10-15/h11-12H,5-10H2,1-4H3,(H,16,20)(H,18,19). The lowest BCUT2D eigenvalue weighted by Crippen LogP contribution is -2.60. The number of aliphatic carboxylic acids is 1. The van der Waals surface area contributed by atoms with Crippen molar-refractivity contribution in [2.45, 2.75) is 70.9 Å². The summed E-state index contributed by atoms with van der Waals surface area (Å²) in [5.74, 6) is -0.576. The minimum atomic E-state index is -1.09. The van der Waals surface area contributed by atoms with Crippen molar-refractivity contribution >= 4 is 12.0 Å². The zero-order valence-electron chi connectivity index (χ0n) is 13.1. The van der Waals surface area contributed by atoms with E-state index in [1.165, 1.54) is 0 Å². The van der Waals surface area contributed by atoms with E-state index in [0.29, 0.717) is 18.8 Å². The molecular weight excluding hydrogens is 256 g/mol. The minimum absolute atomic E-state index is 0.117. The van der Waals surface area contributed by atoms with Crippen molar-refractivity contribution in [3.63, 3.8) is 0 Å². The number of hydrogen-bond acceptors (Lipinski definition) is 2. The van der Waals surface area contributed by atoms with Gasteiger partial charge in [-0.2, -0.15) is 0 Å². The second kappa shape index (κ2) is 6.95. The number of nitrogens with zero attached hydrogens (tertiary/aromatic N) is 1. The molecule has 5 nitrogen and oxygen atoms in total. The first-order valence-corrected chi connectivity index (χ1v) is 7.60. The third-order valence-corrected chi connectivity index (χ3v) is 4.44. The average molecular weight is 284 g/mol. The third kappa shape index (κ3) is 3.87. The topological polar surface area (TPSA) is 69.6 Å². The molecule has 0 bridgehead atoms. The first-order chi connectivity index (χ1) is 9.32. The zero-order valence-corrected chi connectivity index (χ0v) is 13.1. The number of amides is 2. The fourth-order valence-corrected chi connectivity index (χ4v) is 3.02. The third-order valence-electron chi connectivity index (χ3n) is 4.44. The molecule has 5 heteroatoms. The summed E-state index contributed by atoms with van der Waals surface area (Å²) < 4.78 is 0. The second-order valence-electron chi connectivity index (χ2n) is 6.27. The molecule has 0 aromatic rings. The van der Waals surface area contributed by atoms with Gasteiger partial charge in [0.05, 0.1) is 0 Å². The lowest BCUT2D eigenvalue weighted by molar-refractivity contribution is -0.146. The molecule has 2 N–H and O–H groups in total. The Bertz CT molecular complexity index is 359. The maximum absolute atomic E-state index is 12.3. The summed E-state index contributed by atoms with van der Waals surface area (Å²) in [6, 6.07) is -0.158. The molecule has 1 fully saturated rings. The summed E-state index contributed by atoms with van der Waals surface area (Å²) in [6.07, 6.45) is 4.84. The zero-order chi connectivity index (χ0) is 15.3. The van der Waals surface area contributed by atoms with Gasteiger partial charge in [-0.3, -0.25) is 0 Å². The van der Waals surface area contributed by atoms with Crippen molar-refractivity contribution in [2.75, 3.05) is 7.05 Å². The Kier molecular flexibility index (Phi) is 5.84. The summed E-state index contributed by atoms with van der Waals surface area (Å²) >= 11 is 0. The van der Waals surface area contributed by atoms with Gasteiger partial charge >= 0.3 is 12.0 Å². The van der Waals surface area contributed by atoms with Crippen molar-refractivity contribution in [2.24, 2.45) is 5.92 Å². The molecule has 3 atom stereocenters. The van der Waals surface area contributed by atoms with Gasteiger partial charge in [0.2, 0.25) is 0 Å². The van der Waals surface area contributed by atoms with Crippen molar-refractivity contribution < 1.29 is 14.7 Å². The van der Waals surface area contributed by atoms with Gasteiger partial charge in [0.1, 0.15) is 5.54 Å². The summed E-state index contributed by atoms with van der Waals surface area (Å²) in [7, 11) is 1.73. The summed E-state index contributed by atoms with van der Waals surface area (Å²) in [6.45, 7) is 6.11. The number of hydrogen-bond donors (Lipinski definition) is 2. The maximum Gasteiger partial charge on any atom is 0.329 e. The van der Waals surface area contributed by atoms with Gasteiger partial charge in [-0.1, -0.05) is 33.1 Å². The Morgan fingerprint density at radius 2 is 2.15 bits per heavy atom. The molecule has 1 aliphatic carbocycles. The van der Waals surface area contributed by atoms with Gasteiger partial charge in [0.15, 0.2) is 0 Å².